The van der Waals surface area contributed by atoms with Crippen LogP contribution in [0.25, 0.3) is 0 Å². The van der Waals surface area contributed by atoms with Crippen LogP contribution in [0.15, 0.2) is 42.6 Å². The first-order chi connectivity index (χ1) is 8.83. The van der Waals surface area contributed by atoms with E-state index in [-0.39, 0.29) is 0 Å². The molecule has 2 aromatic rings. The van der Waals surface area contributed by atoms with Crippen LogP contribution in [0.2, 0.25) is 0 Å². The van der Waals surface area contributed by atoms with E-state index >= 15 is 0 Å². The van der Waals surface area contributed by atoms with E-state index in [1.165, 1.54) is 5.56 Å². The molecule has 1 aromatic heterocycles. The number of aromatic nitrogens is 1. The molecule has 2 rings (SSSR count). The van der Waals surface area contributed by atoms with E-state index < -0.39 is 0 Å². The van der Waals surface area contributed by atoms with E-state index in [1.807, 2.05) is 30.3 Å². The van der Waals surface area contributed by atoms with Crippen LogP contribution in [0.3, 0.4) is 0 Å². The molecule has 0 unspecified atom stereocenters. The highest BCUT2D eigenvalue weighted by molar-refractivity contribution is 5.42. The van der Waals surface area contributed by atoms with Crippen molar-refractivity contribution in [3.05, 3.63) is 53.7 Å². The Morgan fingerprint density at radius 1 is 1.28 bits per heavy atom. The van der Waals surface area contributed by atoms with Gasteiger partial charge in [0.15, 0.2) is 0 Å². The smallest absolute Gasteiger partial charge is 0.146 e. The number of aryl methyl sites for hydroxylation is 1. The zero-order valence-electron chi connectivity index (χ0n) is 10.4. The maximum absolute atomic E-state index is 5.74. The molecular weight excluding hydrogens is 226 g/mol. The molecule has 1 heterocycles. The van der Waals surface area contributed by atoms with Gasteiger partial charge in [0.05, 0.1) is 0 Å². The second-order valence-electron chi connectivity index (χ2n) is 3.95. The monoisotopic (exact) mass is 243 g/mol. The molecule has 0 atom stereocenters. The summed E-state index contributed by atoms with van der Waals surface area (Å²) in [6.45, 7) is 2.57. The van der Waals surface area contributed by atoms with Gasteiger partial charge in [-0.05, 0) is 30.2 Å². The van der Waals surface area contributed by atoms with Crippen molar-refractivity contribution in [3.63, 3.8) is 0 Å². The first-order valence-electron chi connectivity index (χ1n) is 5.95. The van der Waals surface area contributed by atoms with Gasteiger partial charge in [-0.2, -0.15) is 0 Å². The standard InChI is InChI=1S/C14H17N3O/c1-2-11-5-3-7-13(9-11)18-10-12-6-4-8-16-14(12)17-15/h3-9H,2,10,15H2,1H3,(H,16,17). The third-order valence-electron chi connectivity index (χ3n) is 2.73. The van der Waals surface area contributed by atoms with Crippen LogP contribution in [0.4, 0.5) is 5.82 Å². The number of nitrogen functional groups attached to an aromatic ring is 1. The second kappa shape index (κ2) is 6.02. The van der Waals surface area contributed by atoms with Crippen LogP contribution in [0.1, 0.15) is 18.1 Å². The lowest BCUT2D eigenvalue weighted by atomic mass is 10.2. The summed E-state index contributed by atoms with van der Waals surface area (Å²) in [5.74, 6) is 6.90. The SMILES string of the molecule is CCc1cccc(OCc2cccnc2NN)c1. The van der Waals surface area contributed by atoms with Crippen LogP contribution in [0, 0.1) is 0 Å². The Morgan fingerprint density at radius 3 is 2.94 bits per heavy atom. The molecule has 1 aromatic carbocycles. The van der Waals surface area contributed by atoms with Crippen LogP contribution >= 0.6 is 0 Å². The molecule has 0 saturated carbocycles. The van der Waals surface area contributed by atoms with Gasteiger partial charge in [0.1, 0.15) is 18.2 Å². The molecule has 0 radical (unpaired) electrons. The summed E-state index contributed by atoms with van der Waals surface area (Å²) in [4.78, 5) is 4.13. The summed E-state index contributed by atoms with van der Waals surface area (Å²) in [7, 11) is 0. The molecular formula is C14H17N3O. The highest BCUT2D eigenvalue weighted by Crippen LogP contribution is 2.17. The highest BCUT2D eigenvalue weighted by Gasteiger charge is 2.02. The highest BCUT2D eigenvalue weighted by atomic mass is 16.5. The van der Waals surface area contributed by atoms with Crippen molar-refractivity contribution >= 4 is 5.82 Å². The first-order valence-corrected chi connectivity index (χ1v) is 5.95. The third-order valence-corrected chi connectivity index (χ3v) is 2.73. The lowest BCUT2D eigenvalue weighted by Crippen LogP contribution is -2.12. The number of nitrogens with one attached hydrogen (secondary N) is 1. The number of hydrogen-bond acceptors (Lipinski definition) is 4. The fraction of sp³-hybridized carbons (Fsp3) is 0.214. The summed E-state index contributed by atoms with van der Waals surface area (Å²) >= 11 is 0. The Bertz CT molecular complexity index is 514. The number of nitrogens with zero attached hydrogens (tertiary/aromatic N) is 1. The molecule has 0 amide bonds. The Kier molecular flexibility index (Phi) is 4.15. The number of rotatable bonds is 5. The molecule has 18 heavy (non-hydrogen) atoms. The molecule has 4 nitrogen and oxygen atoms in total. The predicted octanol–water partition coefficient (Wildman–Crippen LogP) is 2.51. The number of nitrogens with two attached hydrogens (primary N) is 1. The summed E-state index contributed by atoms with van der Waals surface area (Å²) in [5, 5.41) is 0. The molecule has 0 spiro atoms. The Balaban J connectivity index is 2.06. The lowest BCUT2D eigenvalue weighted by molar-refractivity contribution is 0.306. The second-order valence-corrected chi connectivity index (χ2v) is 3.95. The van der Waals surface area contributed by atoms with Gasteiger partial charge in [0, 0.05) is 11.8 Å². The summed E-state index contributed by atoms with van der Waals surface area (Å²) in [6.07, 6.45) is 2.69. The summed E-state index contributed by atoms with van der Waals surface area (Å²) in [5.41, 5.74) is 4.76. The molecule has 0 aliphatic heterocycles. The summed E-state index contributed by atoms with van der Waals surface area (Å²) < 4.78 is 5.74. The van der Waals surface area contributed by atoms with E-state index in [2.05, 4.69) is 23.4 Å². The Hall–Kier alpha value is -2.07. The van der Waals surface area contributed by atoms with Gasteiger partial charge in [-0.15, -0.1) is 0 Å². The van der Waals surface area contributed by atoms with Gasteiger partial charge in [-0.3, -0.25) is 0 Å². The normalized spacial score (nSPS) is 10.1. The molecule has 0 fully saturated rings. The number of hydrogen-bond donors (Lipinski definition) is 2. The fourth-order valence-electron chi connectivity index (χ4n) is 1.70. The van der Waals surface area contributed by atoms with Crippen molar-refractivity contribution in [1.29, 1.82) is 0 Å². The summed E-state index contributed by atoms with van der Waals surface area (Å²) in [6, 6.07) is 11.9. The average molecular weight is 243 g/mol. The molecule has 0 aliphatic carbocycles. The number of anilines is 1. The number of hydrazine groups is 1. The van der Waals surface area contributed by atoms with Crippen LogP contribution in [-0.4, -0.2) is 4.98 Å². The van der Waals surface area contributed by atoms with Crippen molar-refractivity contribution in [3.8, 4) is 5.75 Å². The first kappa shape index (κ1) is 12.4. The minimum atomic E-state index is 0.445. The molecule has 94 valence electrons. The van der Waals surface area contributed by atoms with E-state index in [0.29, 0.717) is 12.4 Å². The minimum Gasteiger partial charge on any atom is -0.489 e. The number of ether oxygens (including phenoxy) is 1. The Morgan fingerprint density at radius 2 is 2.17 bits per heavy atom. The predicted molar refractivity (Wildman–Crippen MR) is 72.2 cm³/mol. The van der Waals surface area contributed by atoms with E-state index in [0.717, 1.165) is 17.7 Å². The van der Waals surface area contributed by atoms with Crippen LogP contribution in [-0.2, 0) is 13.0 Å². The molecule has 4 heteroatoms. The maximum atomic E-state index is 5.74. The molecule has 3 N–H and O–H groups in total. The van der Waals surface area contributed by atoms with Crippen molar-refractivity contribution in [1.82, 2.24) is 4.98 Å². The van der Waals surface area contributed by atoms with Crippen LogP contribution in [0.5, 0.6) is 5.75 Å². The molecule has 0 saturated heterocycles. The van der Waals surface area contributed by atoms with Gasteiger partial charge < -0.3 is 10.2 Å². The minimum absolute atomic E-state index is 0.445. The van der Waals surface area contributed by atoms with Crippen molar-refractivity contribution < 1.29 is 4.74 Å². The van der Waals surface area contributed by atoms with E-state index in [9.17, 15) is 0 Å². The Labute approximate surface area is 107 Å². The third kappa shape index (κ3) is 2.99. The van der Waals surface area contributed by atoms with Crippen molar-refractivity contribution in [2.24, 2.45) is 5.84 Å². The van der Waals surface area contributed by atoms with E-state index in [4.69, 9.17) is 10.6 Å². The zero-order chi connectivity index (χ0) is 12.8. The molecule has 0 bridgehead atoms. The van der Waals surface area contributed by atoms with Gasteiger partial charge in [0.25, 0.3) is 0 Å². The average Bonchev–Trinajstić information content (AvgIpc) is 2.45. The maximum Gasteiger partial charge on any atom is 0.146 e. The number of pyridine rings is 1. The van der Waals surface area contributed by atoms with Gasteiger partial charge in [-0.1, -0.05) is 25.1 Å². The van der Waals surface area contributed by atoms with Crippen molar-refractivity contribution in [2.75, 3.05) is 5.43 Å². The topological polar surface area (TPSA) is 60.2 Å². The van der Waals surface area contributed by atoms with Gasteiger partial charge >= 0.3 is 0 Å². The largest absolute Gasteiger partial charge is 0.489 e. The lowest BCUT2D eigenvalue weighted by Gasteiger charge is -2.10. The van der Waals surface area contributed by atoms with Gasteiger partial charge in [-0.25, -0.2) is 10.8 Å². The fourth-order valence-corrected chi connectivity index (χ4v) is 1.70. The quantitative estimate of drug-likeness (QED) is 0.625. The van der Waals surface area contributed by atoms with Gasteiger partial charge in [0.2, 0.25) is 0 Å². The van der Waals surface area contributed by atoms with Crippen LogP contribution < -0.4 is 16.0 Å². The van der Waals surface area contributed by atoms with E-state index in [1.54, 1.807) is 6.20 Å². The van der Waals surface area contributed by atoms with Crippen molar-refractivity contribution in [2.45, 2.75) is 20.0 Å². The number of benzene rings is 1. The zero-order valence-corrected chi connectivity index (χ0v) is 10.4. The molecule has 0 aliphatic rings.